The number of ether oxygens (including phenoxy) is 1. The molecule has 0 aromatic rings. The van der Waals surface area contributed by atoms with E-state index in [9.17, 15) is 9.59 Å². The van der Waals surface area contributed by atoms with E-state index in [1.54, 1.807) is 20.8 Å². The first-order chi connectivity index (χ1) is 8.86. The molecule has 0 aliphatic heterocycles. The van der Waals surface area contributed by atoms with Crippen LogP contribution in [0.25, 0.3) is 0 Å². The molecule has 112 valence electrons. The topological polar surface area (TPSA) is 66.8 Å². The fourth-order valence-electron chi connectivity index (χ4n) is 1.62. The lowest BCUT2D eigenvalue weighted by Gasteiger charge is -2.24. The molecule has 0 radical (unpaired) electrons. The average Bonchev–Trinajstić information content (AvgIpc) is 2.34. The number of ketones is 1. The van der Waals surface area contributed by atoms with Gasteiger partial charge in [-0.2, -0.15) is 0 Å². The van der Waals surface area contributed by atoms with Gasteiger partial charge in [0.2, 0.25) is 0 Å². The third kappa shape index (κ3) is 6.68. The summed E-state index contributed by atoms with van der Waals surface area (Å²) in [6, 6.07) is 0. The minimum atomic E-state index is -1.09. The summed E-state index contributed by atoms with van der Waals surface area (Å²) in [6.07, 6.45) is 2.66. The van der Waals surface area contributed by atoms with Crippen molar-refractivity contribution in [1.29, 1.82) is 0 Å². The van der Waals surface area contributed by atoms with Crippen molar-refractivity contribution in [2.75, 3.05) is 33.4 Å². The molecule has 0 fully saturated rings. The van der Waals surface area contributed by atoms with Crippen LogP contribution in [0.1, 0.15) is 40.0 Å². The van der Waals surface area contributed by atoms with Crippen LogP contribution >= 0.6 is 0 Å². The zero-order valence-corrected chi connectivity index (χ0v) is 12.6. The van der Waals surface area contributed by atoms with Crippen LogP contribution in [0, 0.1) is 5.41 Å². The SMILES string of the molecule is CCOC(=O)C(C)(C)C(=O)CN(C)CCCCCO. The molecule has 0 unspecified atom stereocenters. The first-order valence-electron chi connectivity index (χ1n) is 6.86. The van der Waals surface area contributed by atoms with Gasteiger partial charge in [0.1, 0.15) is 5.41 Å². The predicted octanol–water partition coefficient (Wildman–Crippen LogP) is 1.24. The van der Waals surface area contributed by atoms with Crippen molar-refractivity contribution in [2.45, 2.75) is 40.0 Å². The Bertz CT molecular complexity index is 289. The van der Waals surface area contributed by atoms with Crippen molar-refractivity contribution in [1.82, 2.24) is 4.90 Å². The number of esters is 1. The average molecular weight is 273 g/mol. The van der Waals surface area contributed by atoms with Gasteiger partial charge in [-0.25, -0.2) is 0 Å². The smallest absolute Gasteiger partial charge is 0.319 e. The molecule has 19 heavy (non-hydrogen) atoms. The van der Waals surface area contributed by atoms with Crippen LogP contribution in [0.15, 0.2) is 0 Å². The number of carbonyl (C=O) groups excluding carboxylic acids is 2. The van der Waals surface area contributed by atoms with E-state index in [0.717, 1.165) is 25.8 Å². The van der Waals surface area contributed by atoms with E-state index >= 15 is 0 Å². The van der Waals surface area contributed by atoms with Gasteiger partial charge >= 0.3 is 5.97 Å². The molecule has 5 nitrogen and oxygen atoms in total. The Labute approximate surface area is 115 Å². The van der Waals surface area contributed by atoms with E-state index in [4.69, 9.17) is 9.84 Å². The van der Waals surface area contributed by atoms with Gasteiger partial charge in [0, 0.05) is 6.61 Å². The van der Waals surface area contributed by atoms with E-state index in [1.165, 1.54) is 0 Å². The number of nitrogens with zero attached hydrogens (tertiary/aromatic N) is 1. The fraction of sp³-hybridized carbons (Fsp3) is 0.857. The second kappa shape index (κ2) is 9.04. The Balaban J connectivity index is 4.16. The minimum absolute atomic E-state index is 0.129. The molecule has 0 saturated carbocycles. The normalized spacial score (nSPS) is 11.7. The molecule has 0 amide bonds. The molecule has 0 aromatic carbocycles. The Morgan fingerprint density at radius 1 is 1.21 bits per heavy atom. The Morgan fingerprint density at radius 3 is 2.37 bits per heavy atom. The van der Waals surface area contributed by atoms with Gasteiger partial charge in [0.25, 0.3) is 0 Å². The van der Waals surface area contributed by atoms with E-state index in [0.29, 0.717) is 0 Å². The molecule has 0 rings (SSSR count). The summed E-state index contributed by atoms with van der Waals surface area (Å²) >= 11 is 0. The zero-order chi connectivity index (χ0) is 14.9. The van der Waals surface area contributed by atoms with Crippen LogP contribution in [0.4, 0.5) is 0 Å². The van der Waals surface area contributed by atoms with Crippen molar-refractivity contribution < 1.29 is 19.4 Å². The fourth-order valence-corrected chi connectivity index (χ4v) is 1.62. The molecular weight excluding hydrogens is 246 g/mol. The lowest BCUT2D eigenvalue weighted by molar-refractivity contribution is -0.158. The molecule has 0 spiro atoms. The number of hydrogen-bond donors (Lipinski definition) is 1. The maximum absolute atomic E-state index is 12.1. The van der Waals surface area contributed by atoms with Gasteiger partial charge in [-0.1, -0.05) is 0 Å². The van der Waals surface area contributed by atoms with Crippen molar-refractivity contribution in [3.05, 3.63) is 0 Å². The number of unbranched alkanes of at least 4 members (excludes halogenated alkanes) is 2. The molecule has 1 N–H and O–H groups in total. The Kier molecular flexibility index (Phi) is 8.59. The highest BCUT2D eigenvalue weighted by molar-refractivity contribution is 6.03. The molecule has 0 aromatic heterocycles. The van der Waals surface area contributed by atoms with Crippen molar-refractivity contribution in [3.63, 3.8) is 0 Å². The molecule has 0 bridgehead atoms. The van der Waals surface area contributed by atoms with Gasteiger partial charge in [0.15, 0.2) is 5.78 Å². The van der Waals surface area contributed by atoms with E-state index < -0.39 is 11.4 Å². The maximum Gasteiger partial charge on any atom is 0.319 e. The predicted molar refractivity (Wildman–Crippen MR) is 73.9 cm³/mol. The van der Waals surface area contributed by atoms with E-state index in [1.807, 2.05) is 11.9 Å². The summed E-state index contributed by atoms with van der Waals surface area (Å²) in [7, 11) is 1.86. The standard InChI is InChI=1S/C14H27NO4/c1-5-19-13(18)14(2,3)12(17)11-15(4)9-7-6-8-10-16/h16H,5-11H2,1-4H3. The van der Waals surface area contributed by atoms with Crippen LogP contribution in [0.2, 0.25) is 0 Å². The van der Waals surface area contributed by atoms with Crippen LogP contribution in [-0.4, -0.2) is 55.1 Å². The van der Waals surface area contributed by atoms with Crippen LogP contribution in [-0.2, 0) is 14.3 Å². The monoisotopic (exact) mass is 273 g/mol. The molecule has 0 saturated heterocycles. The van der Waals surface area contributed by atoms with Gasteiger partial charge in [0.05, 0.1) is 13.2 Å². The zero-order valence-electron chi connectivity index (χ0n) is 12.6. The van der Waals surface area contributed by atoms with E-state index in [-0.39, 0.29) is 25.5 Å². The summed E-state index contributed by atoms with van der Waals surface area (Å²) in [5.74, 6) is -0.593. The highest BCUT2D eigenvalue weighted by Gasteiger charge is 2.37. The number of aliphatic hydroxyl groups is 1. The van der Waals surface area contributed by atoms with Crippen molar-refractivity contribution >= 4 is 11.8 Å². The van der Waals surface area contributed by atoms with Crippen LogP contribution < -0.4 is 0 Å². The second-order valence-corrected chi connectivity index (χ2v) is 5.29. The number of carbonyl (C=O) groups is 2. The van der Waals surface area contributed by atoms with Gasteiger partial charge in [-0.3, -0.25) is 14.5 Å². The first-order valence-corrected chi connectivity index (χ1v) is 6.86. The first kappa shape index (κ1) is 18.1. The summed E-state index contributed by atoms with van der Waals surface area (Å²) in [4.78, 5) is 25.7. The van der Waals surface area contributed by atoms with Gasteiger partial charge in [-0.15, -0.1) is 0 Å². The Hall–Kier alpha value is -0.940. The summed E-state index contributed by atoms with van der Waals surface area (Å²) in [5.41, 5.74) is -1.09. The minimum Gasteiger partial charge on any atom is -0.465 e. The molecule has 0 heterocycles. The molecule has 0 atom stereocenters. The van der Waals surface area contributed by atoms with Crippen molar-refractivity contribution in [2.24, 2.45) is 5.41 Å². The largest absolute Gasteiger partial charge is 0.465 e. The Morgan fingerprint density at radius 2 is 1.84 bits per heavy atom. The molecule has 0 aliphatic carbocycles. The lowest BCUT2D eigenvalue weighted by Crippen LogP contribution is -2.41. The number of hydrogen-bond acceptors (Lipinski definition) is 5. The second-order valence-electron chi connectivity index (χ2n) is 5.29. The van der Waals surface area contributed by atoms with Gasteiger partial charge in [-0.05, 0) is 53.6 Å². The number of likely N-dealkylation sites (N-methyl/N-ethyl adjacent to an activating group) is 1. The lowest BCUT2D eigenvalue weighted by atomic mass is 9.88. The summed E-state index contributed by atoms with van der Waals surface area (Å²) in [5, 5.41) is 8.68. The third-order valence-corrected chi connectivity index (χ3v) is 3.09. The molecule has 0 aliphatic rings. The van der Waals surface area contributed by atoms with Gasteiger partial charge < -0.3 is 9.84 Å². The molecule has 5 heteroatoms. The third-order valence-electron chi connectivity index (χ3n) is 3.09. The molecular formula is C14H27NO4. The quantitative estimate of drug-likeness (QED) is 0.368. The summed E-state index contributed by atoms with van der Waals surface area (Å²) < 4.78 is 4.92. The summed E-state index contributed by atoms with van der Waals surface area (Å²) in [6.45, 7) is 6.45. The van der Waals surface area contributed by atoms with Crippen LogP contribution in [0.5, 0.6) is 0 Å². The van der Waals surface area contributed by atoms with E-state index in [2.05, 4.69) is 0 Å². The van der Waals surface area contributed by atoms with Crippen molar-refractivity contribution in [3.8, 4) is 0 Å². The highest BCUT2D eigenvalue weighted by Crippen LogP contribution is 2.19. The maximum atomic E-state index is 12.1. The highest BCUT2D eigenvalue weighted by atomic mass is 16.5. The number of aliphatic hydroxyl groups excluding tert-OH is 1. The number of Topliss-reactive ketones (excluding diaryl/α,β-unsaturated/α-hetero) is 1. The van der Waals surface area contributed by atoms with Crippen LogP contribution in [0.3, 0.4) is 0 Å². The number of rotatable bonds is 10.